The van der Waals surface area contributed by atoms with Gasteiger partial charge < -0.3 is 9.72 Å². The summed E-state index contributed by atoms with van der Waals surface area (Å²) in [7, 11) is 1.35. The molecule has 2 aromatic rings. The number of benzene rings is 1. The van der Waals surface area contributed by atoms with Gasteiger partial charge in [0, 0.05) is 17.1 Å². The molecule has 0 amide bonds. The summed E-state index contributed by atoms with van der Waals surface area (Å²) < 4.78 is 4.66. The summed E-state index contributed by atoms with van der Waals surface area (Å²) in [5, 5.41) is 1.24. The summed E-state index contributed by atoms with van der Waals surface area (Å²) in [5.74, 6) is -0.378. The summed E-state index contributed by atoms with van der Waals surface area (Å²) in [4.78, 5) is 14.4. The molecule has 1 heterocycles. The van der Waals surface area contributed by atoms with Crippen LogP contribution in [0.4, 0.5) is 0 Å². The number of carbonyl (C=O) groups excluding carboxylic acids is 1. The second-order valence-electron chi connectivity index (χ2n) is 2.86. The lowest BCUT2D eigenvalue weighted by Gasteiger charge is -2.00. The molecular weight excluding hydrogens is 202 g/mol. The summed E-state index contributed by atoms with van der Waals surface area (Å²) in [5.41, 5.74) is 1.31. The first kappa shape index (κ1) is 9.09. The van der Waals surface area contributed by atoms with Crippen LogP contribution in [0.5, 0.6) is 0 Å². The monoisotopic (exact) mass is 209 g/mol. The summed E-state index contributed by atoms with van der Waals surface area (Å²) >= 11 is 5.94. The van der Waals surface area contributed by atoms with E-state index in [2.05, 4.69) is 9.72 Å². The van der Waals surface area contributed by atoms with Gasteiger partial charge in [0.2, 0.25) is 0 Å². The van der Waals surface area contributed by atoms with Crippen molar-refractivity contribution in [2.24, 2.45) is 0 Å². The molecule has 0 atom stereocenters. The number of halogens is 1. The third-order valence-corrected chi connectivity index (χ3v) is 2.36. The first-order chi connectivity index (χ1) is 6.74. The zero-order chi connectivity index (χ0) is 10.1. The quantitative estimate of drug-likeness (QED) is 0.734. The molecule has 14 heavy (non-hydrogen) atoms. The molecule has 1 N–H and O–H groups in total. The molecule has 4 heteroatoms. The van der Waals surface area contributed by atoms with Gasteiger partial charge in [0.25, 0.3) is 0 Å². The molecule has 0 unspecified atom stereocenters. The number of aromatic nitrogens is 1. The van der Waals surface area contributed by atoms with Crippen LogP contribution >= 0.6 is 11.6 Å². The van der Waals surface area contributed by atoms with E-state index in [9.17, 15) is 4.79 Å². The maximum atomic E-state index is 11.4. The molecule has 0 aliphatic carbocycles. The van der Waals surface area contributed by atoms with E-state index in [0.717, 1.165) is 5.52 Å². The molecule has 3 nitrogen and oxygen atoms in total. The maximum Gasteiger partial charge on any atom is 0.338 e. The molecule has 2 rings (SSSR count). The van der Waals surface area contributed by atoms with E-state index in [-0.39, 0.29) is 5.97 Å². The molecule has 0 aliphatic heterocycles. The van der Waals surface area contributed by atoms with Crippen molar-refractivity contribution in [2.75, 3.05) is 7.11 Å². The molecule has 0 aliphatic rings. The minimum atomic E-state index is -0.378. The molecule has 1 aromatic heterocycles. The fourth-order valence-corrected chi connectivity index (χ4v) is 1.68. The van der Waals surface area contributed by atoms with Gasteiger partial charge in [-0.05, 0) is 12.1 Å². The SMILES string of the molecule is COC(=O)c1cccc2[nH]cc(Cl)c12. The van der Waals surface area contributed by atoms with Crippen LogP contribution in [-0.2, 0) is 4.74 Å². The normalized spacial score (nSPS) is 10.4. The van der Waals surface area contributed by atoms with Crippen molar-refractivity contribution in [2.45, 2.75) is 0 Å². The van der Waals surface area contributed by atoms with E-state index in [1.807, 2.05) is 6.07 Å². The molecule has 72 valence electrons. The molecule has 0 saturated heterocycles. The van der Waals surface area contributed by atoms with Crippen molar-refractivity contribution in [3.63, 3.8) is 0 Å². The Morgan fingerprint density at radius 3 is 3.00 bits per heavy atom. The van der Waals surface area contributed by atoms with Crippen LogP contribution in [0.2, 0.25) is 5.02 Å². The number of nitrogens with one attached hydrogen (secondary N) is 1. The van der Waals surface area contributed by atoms with E-state index in [0.29, 0.717) is 16.0 Å². The second-order valence-corrected chi connectivity index (χ2v) is 3.26. The van der Waals surface area contributed by atoms with Crippen LogP contribution in [-0.4, -0.2) is 18.1 Å². The van der Waals surface area contributed by atoms with Crippen LogP contribution < -0.4 is 0 Å². The van der Waals surface area contributed by atoms with Gasteiger partial charge in [-0.25, -0.2) is 4.79 Å². The van der Waals surface area contributed by atoms with Crippen molar-refractivity contribution in [3.8, 4) is 0 Å². The maximum absolute atomic E-state index is 11.4. The number of hydrogen-bond acceptors (Lipinski definition) is 2. The van der Waals surface area contributed by atoms with Gasteiger partial charge in [-0.3, -0.25) is 0 Å². The predicted octanol–water partition coefficient (Wildman–Crippen LogP) is 2.61. The summed E-state index contributed by atoms with van der Waals surface area (Å²) in [6.45, 7) is 0. The average molecular weight is 210 g/mol. The van der Waals surface area contributed by atoms with Crippen LogP contribution in [0.25, 0.3) is 10.9 Å². The van der Waals surface area contributed by atoms with Crippen molar-refractivity contribution in [3.05, 3.63) is 35.0 Å². The van der Waals surface area contributed by atoms with E-state index >= 15 is 0 Å². The predicted molar refractivity (Wildman–Crippen MR) is 54.6 cm³/mol. The largest absolute Gasteiger partial charge is 0.465 e. The summed E-state index contributed by atoms with van der Waals surface area (Å²) in [6.07, 6.45) is 1.65. The lowest BCUT2D eigenvalue weighted by molar-refractivity contribution is 0.0603. The van der Waals surface area contributed by atoms with Gasteiger partial charge in [-0.1, -0.05) is 17.7 Å². The fourth-order valence-electron chi connectivity index (χ4n) is 1.42. The topological polar surface area (TPSA) is 42.1 Å². The Labute approximate surface area is 85.6 Å². The third-order valence-electron chi connectivity index (χ3n) is 2.06. The molecule has 0 bridgehead atoms. The fraction of sp³-hybridized carbons (Fsp3) is 0.100. The second kappa shape index (κ2) is 3.35. The highest BCUT2D eigenvalue weighted by Crippen LogP contribution is 2.26. The Morgan fingerprint density at radius 1 is 1.50 bits per heavy atom. The number of H-pyrrole nitrogens is 1. The molecule has 0 spiro atoms. The number of fused-ring (bicyclic) bond motifs is 1. The highest BCUT2D eigenvalue weighted by atomic mass is 35.5. The Balaban J connectivity index is 2.75. The van der Waals surface area contributed by atoms with Crippen molar-refractivity contribution >= 4 is 28.5 Å². The van der Waals surface area contributed by atoms with Gasteiger partial charge >= 0.3 is 5.97 Å². The highest BCUT2D eigenvalue weighted by molar-refractivity contribution is 6.36. The minimum absolute atomic E-state index is 0.378. The number of rotatable bonds is 1. The van der Waals surface area contributed by atoms with Gasteiger partial charge in [-0.15, -0.1) is 0 Å². The molecule has 0 saturated carbocycles. The van der Waals surface area contributed by atoms with Crippen molar-refractivity contribution in [1.82, 2.24) is 4.98 Å². The first-order valence-corrected chi connectivity index (χ1v) is 4.45. The van der Waals surface area contributed by atoms with Crippen LogP contribution in [0.3, 0.4) is 0 Å². The van der Waals surface area contributed by atoms with E-state index < -0.39 is 0 Å². The lowest BCUT2D eigenvalue weighted by Crippen LogP contribution is -2.01. The van der Waals surface area contributed by atoms with Gasteiger partial charge in [0.05, 0.1) is 17.7 Å². The average Bonchev–Trinajstić information content (AvgIpc) is 2.59. The Morgan fingerprint density at radius 2 is 2.29 bits per heavy atom. The van der Waals surface area contributed by atoms with Crippen molar-refractivity contribution in [1.29, 1.82) is 0 Å². The van der Waals surface area contributed by atoms with Crippen LogP contribution in [0.1, 0.15) is 10.4 Å². The van der Waals surface area contributed by atoms with E-state index in [1.165, 1.54) is 7.11 Å². The standard InChI is InChI=1S/C10H8ClNO2/c1-14-10(13)6-3-2-4-8-9(6)7(11)5-12-8/h2-5,12H,1H3. The number of aromatic amines is 1. The number of ether oxygens (including phenoxy) is 1. The third kappa shape index (κ3) is 1.26. The summed E-state index contributed by atoms with van der Waals surface area (Å²) in [6, 6.07) is 5.32. The van der Waals surface area contributed by atoms with Crippen LogP contribution in [0.15, 0.2) is 24.4 Å². The zero-order valence-corrected chi connectivity index (χ0v) is 8.26. The zero-order valence-electron chi connectivity index (χ0n) is 7.50. The minimum Gasteiger partial charge on any atom is -0.465 e. The van der Waals surface area contributed by atoms with Crippen molar-refractivity contribution < 1.29 is 9.53 Å². The molecule has 1 aromatic carbocycles. The van der Waals surface area contributed by atoms with Gasteiger partial charge in [0.1, 0.15) is 0 Å². The number of hydrogen-bond donors (Lipinski definition) is 1. The Bertz CT molecular complexity index is 490. The van der Waals surface area contributed by atoms with E-state index in [4.69, 9.17) is 11.6 Å². The Hall–Kier alpha value is -1.48. The molecule has 0 fully saturated rings. The molecular formula is C10H8ClNO2. The highest BCUT2D eigenvalue weighted by Gasteiger charge is 2.13. The lowest BCUT2D eigenvalue weighted by atomic mass is 10.1. The number of methoxy groups -OCH3 is 1. The van der Waals surface area contributed by atoms with E-state index in [1.54, 1.807) is 18.3 Å². The number of carbonyl (C=O) groups is 1. The van der Waals surface area contributed by atoms with Crippen LogP contribution in [0, 0.1) is 0 Å². The Kier molecular flexibility index (Phi) is 2.17. The van der Waals surface area contributed by atoms with Gasteiger partial charge in [0.15, 0.2) is 0 Å². The smallest absolute Gasteiger partial charge is 0.338 e. The van der Waals surface area contributed by atoms with Gasteiger partial charge in [-0.2, -0.15) is 0 Å². The number of esters is 1. The molecule has 0 radical (unpaired) electrons. The first-order valence-electron chi connectivity index (χ1n) is 4.08.